The highest BCUT2D eigenvalue weighted by atomic mass is 32.1. The van der Waals surface area contributed by atoms with Crippen molar-refractivity contribution in [1.29, 1.82) is 0 Å². The number of nitrogens with zero attached hydrogens (tertiary/aromatic N) is 4. The highest BCUT2D eigenvalue weighted by Gasteiger charge is 2.11. The van der Waals surface area contributed by atoms with Crippen molar-refractivity contribution < 1.29 is 0 Å². The van der Waals surface area contributed by atoms with Gasteiger partial charge in [-0.25, -0.2) is 14.8 Å². The third-order valence-corrected chi connectivity index (χ3v) is 4.95. The Bertz CT molecular complexity index is 1050. The van der Waals surface area contributed by atoms with Crippen LogP contribution in [0, 0.1) is 0 Å². The van der Waals surface area contributed by atoms with Crippen molar-refractivity contribution in [3.63, 3.8) is 0 Å². The van der Waals surface area contributed by atoms with Gasteiger partial charge in [0.25, 0.3) is 5.56 Å². The van der Waals surface area contributed by atoms with Crippen LogP contribution in [-0.4, -0.2) is 52.8 Å². The van der Waals surface area contributed by atoms with Crippen molar-refractivity contribution in [2.75, 3.05) is 32.5 Å². The third-order valence-electron chi connectivity index (χ3n) is 3.98. The van der Waals surface area contributed by atoms with Crippen LogP contribution in [0.4, 0.5) is 11.5 Å². The molecule has 2 N–H and O–H groups in total. The first kappa shape index (κ1) is 19.0. The van der Waals surface area contributed by atoms with Gasteiger partial charge in [0.15, 0.2) is 5.69 Å². The number of fused-ring (bicyclic) bond motifs is 1. The molecule has 142 valence electrons. The van der Waals surface area contributed by atoms with Crippen LogP contribution in [0.1, 0.15) is 11.4 Å². The molecule has 0 unspecified atom stereocenters. The summed E-state index contributed by atoms with van der Waals surface area (Å²) in [7, 11) is 5.41. The van der Waals surface area contributed by atoms with Gasteiger partial charge >= 0.3 is 5.69 Å². The standard InChI is InChI=1S/C18H22N6O2S/c1-23(2)10-6-9-19-16-15(17(25)24(3)18(26)22-16)20-11-14-21-12-7-4-5-8-13(12)27-14/h4-5,7-8,11,19H,6,9-10H2,1-3H3,(H,22,26). The Hall–Kier alpha value is -2.78. The van der Waals surface area contributed by atoms with Gasteiger partial charge in [-0.05, 0) is 39.2 Å². The predicted molar refractivity (Wildman–Crippen MR) is 111 cm³/mol. The van der Waals surface area contributed by atoms with Gasteiger partial charge in [-0.3, -0.25) is 14.3 Å². The summed E-state index contributed by atoms with van der Waals surface area (Å²) in [6.45, 7) is 1.51. The van der Waals surface area contributed by atoms with E-state index in [-0.39, 0.29) is 5.69 Å². The molecular weight excluding hydrogens is 364 g/mol. The summed E-state index contributed by atoms with van der Waals surface area (Å²) in [6.07, 6.45) is 2.43. The number of anilines is 1. The van der Waals surface area contributed by atoms with Crippen LogP contribution < -0.4 is 16.6 Å². The van der Waals surface area contributed by atoms with E-state index in [4.69, 9.17) is 0 Å². The molecule has 0 fully saturated rings. The molecule has 8 nitrogen and oxygen atoms in total. The van der Waals surface area contributed by atoms with Gasteiger partial charge in [0, 0.05) is 13.6 Å². The fourth-order valence-corrected chi connectivity index (χ4v) is 3.37. The molecule has 0 aliphatic carbocycles. The molecule has 3 rings (SSSR count). The first-order valence-electron chi connectivity index (χ1n) is 8.57. The van der Waals surface area contributed by atoms with Crippen LogP contribution in [0.3, 0.4) is 0 Å². The van der Waals surface area contributed by atoms with Crippen molar-refractivity contribution in [2.45, 2.75) is 6.42 Å². The van der Waals surface area contributed by atoms with Crippen molar-refractivity contribution in [3.05, 3.63) is 50.1 Å². The lowest BCUT2D eigenvalue weighted by atomic mass is 10.3. The lowest BCUT2D eigenvalue weighted by Gasteiger charge is -2.12. The van der Waals surface area contributed by atoms with E-state index in [0.717, 1.165) is 27.7 Å². The number of thiazole rings is 1. The number of para-hydroxylation sites is 1. The second-order valence-electron chi connectivity index (χ2n) is 6.38. The molecule has 0 aliphatic heterocycles. The summed E-state index contributed by atoms with van der Waals surface area (Å²) < 4.78 is 2.06. The van der Waals surface area contributed by atoms with Crippen LogP contribution in [0.5, 0.6) is 0 Å². The Morgan fingerprint density at radius 1 is 1.33 bits per heavy atom. The number of hydrogen-bond acceptors (Lipinski definition) is 7. The van der Waals surface area contributed by atoms with Crippen LogP contribution in [0.2, 0.25) is 0 Å². The van der Waals surface area contributed by atoms with Crippen molar-refractivity contribution >= 4 is 39.3 Å². The van der Waals surface area contributed by atoms with Crippen LogP contribution >= 0.6 is 11.3 Å². The lowest BCUT2D eigenvalue weighted by molar-refractivity contribution is 0.405. The van der Waals surface area contributed by atoms with E-state index in [1.54, 1.807) is 6.21 Å². The number of H-pyrrole nitrogens is 1. The summed E-state index contributed by atoms with van der Waals surface area (Å²) in [6, 6.07) is 7.80. The molecule has 2 aromatic heterocycles. The summed E-state index contributed by atoms with van der Waals surface area (Å²) in [4.78, 5) is 38.0. The molecule has 0 spiro atoms. The number of nitrogens with one attached hydrogen (secondary N) is 2. The second-order valence-corrected chi connectivity index (χ2v) is 7.44. The third kappa shape index (κ3) is 4.50. The van der Waals surface area contributed by atoms with Gasteiger partial charge in [0.05, 0.1) is 16.4 Å². The maximum absolute atomic E-state index is 12.5. The Morgan fingerprint density at radius 2 is 2.11 bits per heavy atom. The topological polar surface area (TPSA) is 95.4 Å². The number of aromatic nitrogens is 3. The SMILES string of the molecule is CN(C)CCCNc1[nH]c(=O)n(C)c(=O)c1N=Cc1nc2ccccc2s1. The van der Waals surface area contributed by atoms with Gasteiger partial charge in [0.2, 0.25) is 0 Å². The molecule has 3 aromatic rings. The fourth-order valence-electron chi connectivity index (χ4n) is 2.53. The molecule has 0 amide bonds. The quantitative estimate of drug-likeness (QED) is 0.477. The molecule has 27 heavy (non-hydrogen) atoms. The molecular formula is C18H22N6O2S. The number of aromatic amines is 1. The average molecular weight is 386 g/mol. The Kier molecular flexibility index (Phi) is 5.82. The first-order chi connectivity index (χ1) is 13.0. The fraction of sp³-hybridized carbons (Fsp3) is 0.333. The van der Waals surface area contributed by atoms with E-state index in [1.165, 1.54) is 18.4 Å². The minimum absolute atomic E-state index is 0.168. The number of aliphatic imine (C=N–C) groups is 1. The smallest absolute Gasteiger partial charge is 0.329 e. The molecule has 2 heterocycles. The maximum Gasteiger partial charge on any atom is 0.329 e. The Labute approximate surface area is 160 Å². The van der Waals surface area contributed by atoms with Gasteiger partial charge < -0.3 is 10.2 Å². The molecule has 1 aromatic carbocycles. The Morgan fingerprint density at radius 3 is 2.85 bits per heavy atom. The molecule has 0 radical (unpaired) electrons. The minimum atomic E-state index is -0.478. The van der Waals surface area contributed by atoms with E-state index < -0.39 is 11.2 Å². The lowest BCUT2D eigenvalue weighted by Crippen LogP contribution is -2.33. The number of hydrogen-bond donors (Lipinski definition) is 2. The molecule has 0 atom stereocenters. The van der Waals surface area contributed by atoms with E-state index in [0.29, 0.717) is 17.4 Å². The zero-order valence-electron chi connectivity index (χ0n) is 15.5. The van der Waals surface area contributed by atoms with Crippen molar-refractivity contribution in [2.24, 2.45) is 12.0 Å². The summed E-state index contributed by atoms with van der Waals surface area (Å²) in [5.41, 5.74) is 0.127. The van der Waals surface area contributed by atoms with Crippen LogP contribution in [0.15, 0.2) is 38.8 Å². The maximum atomic E-state index is 12.5. The van der Waals surface area contributed by atoms with E-state index >= 15 is 0 Å². The number of benzene rings is 1. The van der Waals surface area contributed by atoms with E-state index in [9.17, 15) is 9.59 Å². The van der Waals surface area contributed by atoms with Crippen molar-refractivity contribution in [3.8, 4) is 0 Å². The zero-order valence-corrected chi connectivity index (χ0v) is 16.3. The predicted octanol–water partition coefficient (Wildman–Crippen LogP) is 1.80. The molecule has 0 bridgehead atoms. The Balaban J connectivity index is 1.89. The van der Waals surface area contributed by atoms with Crippen LogP contribution in [-0.2, 0) is 7.05 Å². The largest absolute Gasteiger partial charge is 0.370 e. The molecule has 0 aliphatic rings. The van der Waals surface area contributed by atoms with Gasteiger partial charge in [0.1, 0.15) is 10.8 Å². The normalized spacial score (nSPS) is 11.7. The minimum Gasteiger partial charge on any atom is -0.370 e. The van der Waals surface area contributed by atoms with Gasteiger partial charge in [-0.15, -0.1) is 11.3 Å². The van der Waals surface area contributed by atoms with Gasteiger partial charge in [-0.1, -0.05) is 12.1 Å². The van der Waals surface area contributed by atoms with Gasteiger partial charge in [-0.2, -0.15) is 0 Å². The van der Waals surface area contributed by atoms with E-state index in [1.807, 2.05) is 38.4 Å². The van der Waals surface area contributed by atoms with Crippen molar-refractivity contribution in [1.82, 2.24) is 19.4 Å². The van der Waals surface area contributed by atoms with E-state index in [2.05, 4.69) is 25.2 Å². The first-order valence-corrected chi connectivity index (χ1v) is 9.39. The summed E-state index contributed by atoms with van der Waals surface area (Å²) in [5, 5.41) is 3.81. The zero-order chi connectivity index (χ0) is 19.4. The summed E-state index contributed by atoms with van der Waals surface area (Å²) in [5.74, 6) is 0.333. The molecule has 9 heteroatoms. The monoisotopic (exact) mass is 386 g/mol. The molecule has 0 saturated carbocycles. The molecule has 0 saturated heterocycles. The average Bonchev–Trinajstić information content (AvgIpc) is 3.05. The number of rotatable bonds is 7. The highest BCUT2D eigenvalue weighted by molar-refractivity contribution is 7.20. The van der Waals surface area contributed by atoms with Crippen LogP contribution in [0.25, 0.3) is 10.2 Å². The second kappa shape index (κ2) is 8.28. The summed E-state index contributed by atoms with van der Waals surface area (Å²) >= 11 is 1.49. The highest BCUT2D eigenvalue weighted by Crippen LogP contribution is 2.21.